The predicted molar refractivity (Wildman–Crippen MR) is 98.6 cm³/mol. The maximum Gasteiger partial charge on any atom is 0.407 e. The zero-order chi connectivity index (χ0) is 18.8. The second-order valence-corrected chi connectivity index (χ2v) is 6.93. The lowest BCUT2D eigenvalue weighted by Crippen LogP contribution is -2.33. The third-order valence-corrected chi connectivity index (χ3v) is 5.25. The molecular weight excluding hydrogens is 346 g/mol. The van der Waals surface area contributed by atoms with Crippen LogP contribution < -0.4 is 5.32 Å². The lowest BCUT2D eigenvalue weighted by molar-refractivity contribution is -0.141. The minimum absolute atomic E-state index is 0.0160. The van der Waals surface area contributed by atoms with Crippen LogP contribution in [0.25, 0.3) is 11.1 Å². The SMILES string of the molecule is O=C(NCC1CC(C(=O)O)CO1)OCC1c2ccccc2-c2ccccc21. The number of fused-ring (bicyclic) bond motifs is 3. The van der Waals surface area contributed by atoms with Gasteiger partial charge in [0.05, 0.1) is 18.6 Å². The molecule has 2 atom stereocenters. The molecular formula is C21H21NO5. The Hall–Kier alpha value is -2.86. The molecule has 2 N–H and O–H groups in total. The van der Waals surface area contributed by atoms with Gasteiger partial charge in [-0.3, -0.25) is 4.79 Å². The summed E-state index contributed by atoms with van der Waals surface area (Å²) in [5.74, 6) is -1.35. The van der Waals surface area contributed by atoms with Gasteiger partial charge in [-0.2, -0.15) is 0 Å². The van der Waals surface area contributed by atoms with E-state index in [1.165, 1.54) is 11.1 Å². The smallest absolute Gasteiger partial charge is 0.407 e. The normalized spacial score (nSPS) is 20.7. The van der Waals surface area contributed by atoms with Crippen molar-refractivity contribution in [3.8, 4) is 11.1 Å². The second kappa shape index (κ2) is 7.40. The van der Waals surface area contributed by atoms with Gasteiger partial charge >= 0.3 is 12.1 Å². The van der Waals surface area contributed by atoms with Gasteiger partial charge < -0.3 is 19.9 Å². The van der Waals surface area contributed by atoms with E-state index in [9.17, 15) is 9.59 Å². The molecule has 1 aliphatic carbocycles. The van der Waals surface area contributed by atoms with Crippen LogP contribution in [0.1, 0.15) is 23.5 Å². The Balaban J connectivity index is 1.34. The summed E-state index contributed by atoms with van der Waals surface area (Å²) in [4.78, 5) is 23.0. The second-order valence-electron chi connectivity index (χ2n) is 6.93. The maximum absolute atomic E-state index is 12.1. The van der Waals surface area contributed by atoms with Crippen LogP contribution in [0.15, 0.2) is 48.5 Å². The molecule has 6 nitrogen and oxygen atoms in total. The number of alkyl carbamates (subject to hydrolysis) is 1. The van der Waals surface area contributed by atoms with Gasteiger partial charge in [-0.1, -0.05) is 48.5 Å². The van der Waals surface area contributed by atoms with E-state index in [2.05, 4.69) is 29.6 Å². The lowest BCUT2D eigenvalue weighted by atomic mass is 9.98. The Bertz CT molecular complexity index is 820. The van der Waals surface area contributed by atoms with Crippen LogP contribution in [0, 0.1) is 5.92 Å². The molecule has 0 spiro atoms. The van der Waals surface area contributed by atoms with Gasteiger partial charge in [0.15, 0.2) is 0 Å². The highest BCUT2D eigenvalue weighted by atomic mass is 16.5. The highest BCUT2D eigenvalue weighted by molar-refractivity contribution is 5.79. The van der Waals surface area contributed by atoms with Crippen LogP contribution in [0.4, 0.5) is 4.79 Å². The number of nitrogens with one attached hydrogen (secondary N) is 1. The third-order valence-electron chi connectivity index (χ3n) is 5.25. The molecule has 2 aromatic carbocycles. The zero-order valence-corrected chi connectivity index (χ0v) is 14.8. The summed E-state index contributed by atoms with van der Waals surface area (Å²) >= 11 is 0. The number of amides is 1. The third kappa shape index (κ3) is 3.53. The van der Waals surface area contributed by atoms with Crippen molar-refractivity contribution in [2.75, 3.05) is 19.8 Å². The van der Waals surface area contributed by atoms with Gasteiger partial charge in [-0.15, -0.1) is 0 Å². The number of rotatable bonds is 5. The van der Waals surface area contributed by atoms with Gasteiger partial charge in [0.25, 0.3) is 0 Å². The van der Waals surface area contributed by atoms with Crippen molar-refractivity contribution < 1.29 is 24.2 Å². The van der Waals surface area contributed by atoms with Crippen molar-refractivity contribution in [1.82, 2.24) is 5.32 Å². The number of aliphatic carboxylic acids is 1. The van der Waals surface area contributed by atoms with Crippen LogP contribution in [0.5, 0.6) is 0 Å². The van der Waals surface area contributed by atoms with Crippen molar-refractivity contribution >= 4 is 12.1 Å². The molecule has 2 aliphatic rings. The average molecular weight is 367 g/mol. The molecule has 1 amide bonds. The van der Waals surface area contributed by atoms with Gasteiger partial charge in [0, 0.05) is 12.5 Å². The Morgan fingerprint density at radius 2 is 1.70 bits per heavy atom. The summed E-state index contributed by atoms with van der Waals surface area (Å²) in [5, 5.41) is 11.7. The highest BCUT2D eigenvalue weighted by Crippen LogP contribution is 2.44. The molecule has 0 bridgehead atoms. The molecule has 1 fully saturated rings. The quantitative estimate of drug-likeness (QED) is 0.849. The predicted octanol–water partition coefficient (Wildman–Crippen LogP) is 3.01. The maximum atomic E-state index is 12.1. The Morgan fingerprint density at radius 3 is 2.30 bits per heavy atom. The minimum atomic E-state index is -0.862. The van der Waals surface area contributed by atoms with E-state index >= 15 is 0 Å². The van der Waals surface area contributed by atoms with E-state index in [0.29, 0.717) is 6.42 Å². The zero-order valence-electron chi connectivity index (χ0n) is 14.8. The van der Waals surface area contributed by atoms with E-state index in [0.717, 1.165) is 11.1 Å². The van der Waals surface area contributed by atoms with Crippen molar-refractivity contribution in [3.63, 3.8) is 0 Å². The van der Waals surface area contributed by atoms with Crippen LogP contribution in [0.2, 0.25) is 0 Å². The van der Waals surface area contributed by atoms with Crippen molar-refractivity contribution in [2.45, 2.75) is 18.4 Å². The molecule has 0 radical (unpaired) electrons. The molecule has 6 heteroatoms. The average Bonchev–Trinajstić information content (AvgIpc) is 3.28. The summed E-state index contributed by atoms with van der Waals surface area (Å²) in [6.45, 7) is 0.690. The van der Waals surface area contributed by atoms with Gasteiger partial charge in [-0.05, 0) is 28.7 Å². The Kier molecular flexibility index (Phi) is 4.81. The lowest BCUT2D eigenvalue weighted by Gasteiger charge is -2.15. The monoisotopic (exact) mass is 367 g/mol. The highest BCUT2D eigenvalue weighted by Gasteiger charge is 2.31. The van der Waals surface area contributed by atoms with Crippen LogP contribution >= 0.6 is 0 Å². The summed E-state index contributed by atoms with van der Waals surface area (Å²) in [6, 6.07) is 16.3. The molecule has 0 saturated carbocycles. The first-order chi connectivity index (χ1) is 13.1. The standard InChI is InChI=1S/C21H21NO5/c23-20(24)13-9-14(26-11-13)10-22-21(25)27-12-19-17-7-3-1-5-15(17)16-6-2-4-8-18(16)19/h1-8,13-14,19H,9-12H2,(H,22,25)(H,23,24). The number of carbonyl (C=O) groups excluding carboxylic acids is 1. The molecule has 2 unspecified atom stereocenters. The van der Waals surface area contributed by atoms with E-state index < -0.39 is 18.0 Å². The topological polar surface area (TPSA) is 84.9 Å². The minimum Gasteiger partial charge on any atom is -0.481 e. The largest absolute Gasteiger partial charge is 0.481 e. The number of ether oxygens (including phenoxy) is 2. The van der Waals surface area contributed by atoms with E-state index in [1.54, 1.807) is 0 Å². The number of benzene rings is 2. The summed E-state index contributed by atoms with van der Waals surface area (Å²) in [5.41, 5.74) is 4.69. The van der Waals surface area contributed by atoms with Crippen LogP contribution in [0.3, 0.4) is 0 Å². The molecule has 2 aromatic rings. The Labute approximate surface area is 157 Å². The van der Waals surface area contributed by atoms with Crippen LogP contribution in [-0.4, -0.2) is 43.0 Å². The molecule has 140 valence electrons. The molecule has 27 heavy (non-hydrogen) atoms. The van der Waals surface area contributed by atoms with Crippen LogP contribution in [-0.2, 0) is 14.3 Å². The van der Waals surface area contributed by atoms with E-state index in [-0.39, 0.29) is 31.8 Å². The number of carboxylic acid groups (broad SMARTS) is 1. The summed E-state index contributed by atoms with van der Waals surface area (Å²) in [7, 11) is 0. The first kappa shape index (κ1) is 17.5. The van der Waals surface area contributed by atoms with E-state index in [1.807, 2.05) is 24.3 Å². The van der Waals surface area contributed by atoms with E-state index in [4.69, 9.17) is 14.6 Å². The van der Waals surface area contributed by atoms with Gasteiger partial charge in [-0.25, -0.2) is 4.79 Å². The van der Waals surface area contributed by atoms with Gasteiger partial charge in [0.1, 0.15) is 6.61 Å². The summed E-state index contributed by atoms with van der Waals surface area (Å²) < 4.78 is 10.8. The molecule has 1 saturated heterocycles. The number of hydrogen-bond acceptors (Lipinski definition) is 4. The first-order valence-corrected chi connectivity index (χ1v) is 9.06. The molecule has 1 aliphatic heterocycles. The Morgan fingerprint density at radius 1 is 1.07 bits per heavy atom. The number of carbonyl (C=O) groups is 2. The number of carboxylic acids is 1. The van der Waals surface area contributed by atoms with Crippen molar-refractivity contribution in [3.05, 3.63) is 59.7 Å². The van der Waals surface area contributed by atoms with Crippen molar-refractivity contribution in [1.29, 1.82) is 0 Å². The fourth-order valence-corrected chi connectivity index (χ4v) is 3.87. The van der Waals surface area contributed by atoms with Gasteiger partial charge in [0.2, 0.25) is 0 Å². The molecule has 0 aromatic heterocycles. The fraction of sp³-hybridized carbons (Fsp3) is 0.333. The molecule has 1 heterocycles. The number of hydrogen-bond donors (Lipinski definition) is 2. The van der Waals surface area contributed by atoms with Crippen molar-refractivity contribution in [2.24, 2.45) is 5.92 Å². The molecule has 4 rings (SSSR count). The fourth-order valence-electron chi connectivity index (χ4n) is 3.87. The first-order valence-electron chi connectivity index (χ1n) is 9.06. The summed E-state index contributed by atoms with van der Waals surface area (Å²) in [6.07, 6.45) is -0.398.